The van der Waals surface area contributed by atoms with Gasteiger partial charge in [0.25, 0.3) is 0 Å². The van der Waals surface area contributed by atoms with Crippen molar-refractivity contribution in [2.45, 2.75) is 99.3 Å². The molecule has 0 atom stereocenters. The van der Waals surface area contributed by atoms with Crippen LogP contribution in [0.3, 0.4) is 0 Å². The first-order chi connectivity index (χ1) is 21.8. The molecule has 2 amide bonds. The number of pyridine rings is 1. The number of aromatic nitrogens is 1. The molecule has 1 fully saturated rings. The Morgan fingerprint density at radius 2 is 1.14 bits per heavy atom. The number of piperidine rings is 1. The highest BCUT2D eigenvalue weighted by Crippen LogP contribution is 2.64. The highest BCUT2D eigenvalue weighted by Gasteiger charge is 2.95. The van der Waals surface area contributed by atoms with Crippen molar-refractivity contribution >= 4 is 12.0 Å². The van der Waals surface area contributed by atoms with Gasteiger partial charge in [-0.2, -0.15) is 74.6 Å². The summed E-state index contributed by atoms with van der Waals surface area (Å²) in [5.41, 5.74) is -1.63. The van der Waals surface area contributed by atoms with Gasteiger partial charge in [-0.25, -0.2) is 4.79 Å². The monoisotopic (exact) mass is 751 g/mol. The summed E-state index contributed by atoms with van der Waals surface area (Å²) in [6.07, 6.45) is -10.5. The first kappa shape index (κ1) is 41.9. The van der Waals surface area contributed by atoms with Crippen LogP contribution >= 0.6 is 0 Å². The van der Waals surface area contributed by atoms with Crippen LogP contribution in [0, 0.1) is 5.92 Å². The molecule has 2 heterocycles. The number of nitrogens with one attached hydrogen (secondary N) is 1. The molecule has 0 unspecified atom stereocenters. The van der Waals surface area contributed by atoms with Crippen molar-refractivity contribution in [2.75, 3.05) is 13.1 Å². The topological polar surface area (TPSA) is 71.5 Å². The van der Waals surface area contributed by atoms with Crippen molar-refractivity contribution in [1.82, 2.24) is 15.2 Å². The Morgan fingerprint density at radius 3 is 1.59 bits per heavy atom. The van der Waals surface area contributed by atoms with Gasteiger partial charge in [0, 0.05) is 44.4 Å². The van der Waals surface area contributed by atoms with E-state index in [1.165, 1.54) is 12.4 Å². The van der Waals surface area contributed by atoms with E-state index in [1.54, 1.807) is 12.1 Å². The molecule has 0 spiro atoms. The summed E-state index contributed by atoms with van der Waals surface area (Å²) in [6.45, 7) is 1.24. The largest absolute Gasteiger partial charge is 0.460 e. The van der Waals surface area contributed by atoms with Gasteiger partial charge < -0.3 is 15.0 Å². The van der Waals surface area contributed by atoms with E-state index >= 15 is 0 Å². The first-order valence-electron chi connectivity index (χ1n) is 13.7. The Bertz CT molecular complexity index is 1310. The predicted molar refractivity (Wildman–Crippen MR) is 131 cm³/mol. The van der Waals surface area contributed by atoms with Crippen molar-refractivity contribution in [3.8, 4) is 0 Å². The van der Waals surface area contributed by atoms with E-state index in [0.29, 0.717) is 0 Å². The highest BCUT2D eigenvalue weighted by atomic mass is 19.4. The lowest BCUT2D eigenvalue weighted by Crippen LogP contribution is -2.74. The number of halogens is 17. The lowest BCUT2D eigenvalue weighted by molar-refractivity contribution is -0.462. The molecule has 1 aromatic rings. The molecule has 49 heavy (non-hydrogen) atoms. The number of carbonyl (C=O) groups excluding carboxylic acids is 2. The minimum Gasteiger partial charge on any atom is -0.443 e. The Balaban J connectivity index is 2.10. The van der Waals surface area contributed by atoms with Gasteiger partial charge in [-0.1, -0.05) is 0 Å². The molecule has 0 saturated carbocycles. The maximum absolute atomic E-state index is 14.3. The molecule has 0 aliphatic carbocycles. The van der Waals surface area contributed by atoms with Gasteiger partial charge in [0.2, 0.25) is 5.91 Å². The van der Waals surface area contributed by atoms with Gasteiger partial charge in [-0.05, 0) is 50.8 Å². The molecule has 1 N–H and O–H groups in total. The molecule has 23 heteroatoms. The van der Waals surface area contributed by atoms with Gasteiger partial charge in [-0.3, -0.25) is 9.78 Å². The fourth-order valence-corrected chi connectivity index (χ4v) is 4.32. The lowest BCUT2D eigenvalue weighted by Gasteiger charge is -2.43. The van der Waals surface area contributed by atoms with Crippen LogP contribution in [0.25, 0.3) is 0 Å². The molecule has 282 valence electrons. The number of likely N-dealkylation sites (tertiary alicyclic amines) is 1. The van der Waals surface area contributed by atoms with Crippen molar-refractivity contribution in [1.29, 1.82) is 0 Å². The summed E-state index contributed by atoms with van der Waals surface area (Å²) in [4.78, 5) is 29.7. The first-order valence-corrected chi connectivity index (χ1v) is 13.7. The van der Waals surface area contributed by atoms with Crippen LogP contribution in [0.5, 0.6) is 0 Å². The number of hydrogen-bond donors (Lipinski definition) is 1. The van der Waals surface area contributed by atoms with E-state index < -0.39 is 84.0 Å². The van der Waals surface area contributed by atoms with Gasteiger partial charge in [0.05, 0.1) is 0 Å². The minimum absolute atomic E-state index is 0.0455. The Kier molecular flexibility index (Phi) is 11.5. The minimum atomic E-state index is -8.70. The molecule has 1 aliphatic heterocycles. The number of alkyl halides is 17. The molecule has 0 aromatic carbocycles. The van der Waals surface area contributed by atoms with Crippen LogP contribution in [0.2, 0.25) is 0 Å². The van der Waals surface area contributed by atoms with Crippen LogP contribution < -0.4 is 5.32 Å². The van der Waals surface area contributed by atoms with Crippen molar-refractivity contribution in [3.63, 3.8) is 0 Å². The third-order valence-corrected chi connectivity index (χ3v) is 7.53. The second-order valence-corrected chi connectivity index (χ2v) is 11.6. The number of rotatable bonds is 13. The van der Waals surface area contributed by atoms with Crippen LogP contribution in [0.1, 0.15) is 45.1 Å². The molecule has 2 rings (SSSR count). The van der Waals surface area contributed by atoms with Crippen molar-refractivity contribution in [2.24, 2.45) is 5.92 Å². The third kappa shape index (κ3) is 7.73. The van der Waals surface area contributed by atoms with Crippen molar-refractivity contribution in [3.05, 3.63) is 30.1 Å². The van der Waals surface area contributed by atoms with Crippen LogP contribution in [0.4, 0.5) is 79.4 Å². The standard InChI is InChI=1S/C26H26F17N3O3/c1-18(2,49-17(48)46-11-5-15(6-12-46)16(47)45-13-14-3-9-44-10-4-14)7-8-19(27,28)20(29,30)21(31,32)22(33,34)23(35,36)24(37,38)25(39,40)26(41,42)43/h3-4,9-10,15H,5-8,11-13H2,1-2H3,(H,45,47). The molecule has 1 aromatic heterocycles. The highest BCUT2D eigenvalue weighted by molar-refractivity contribution is 5.79. The Labute approximate surface area is 265 Å². The molecule has 0 bridgehead atoms. The smallest absolute Gasteiger partial charge is 0.443 e. The van der Waals surface area contributed by atoms with E-state index in [0.717, 1.165) is 24.3 Å². The zero-order valence-electron chi connectivity index (χ0n) is 24.9. The average molecular weight is 751 g/mol. The molecular weight excluding hydrogens is 725 g/mol. The van der Waals surface area contributed by atoms with Gasteiger partial charge in [0.1, 0.15) is 5.60 Å². The van der Waals surface area contributed by atoms with E-state index in [1.807, 2.05) is 0 Å². The van der Waals surface area contributed by atoms with Crippen LogP contribution in [-0.4, -0.2) is 88.2 Å². The summed E-state index contributed by atoms with van der Waals surface area (Å²) >= 11 is 0. The normalized spacial score (nSPS) is 16.8. The SMILES string of the molecule is CC(C)(CCC(F)(F)C(F)(F)C(F)(F)C(F)(F)C(F)(F)C(F)(F)C(F)(F)C(F)(F)F)OC(=O)N1CCC(C(=O)NCc2ccncc2)CC1. The number of nitrogens with zero attached hydrogens (tertiary/aromatic N) is 2. The molecule has 6 nitrogen and oxygen atoms in total. The number of hydrogen-bond acceptors (Lipinski definition) is 4. The second-order valence-electron chi connectivity index (χ2n) is 11.6. The average Bonchev–Trinajstić information content (AvgIpc) is 2.98. The summed E-state index contributed by atoms with van der Waals surface area (Å²) in [7, 11) is 0. The van der Waals surface area contributed by atoms with Crippen LogP contribution in [0.15, 0.2) is 24.5 Å². The fourth-order valence-electron chi connectivity index (χ4n) is 4.32. The lowest BCUT2D eigenvalue weighted by atomic mass is 9.87. The summed E-state index contributed by atoms with van der Waals surface area (Å²) in [6, 6.07) is 3.26. The number of ether oxygens (including phenoxy) is 1. The van der Waals surface area contributed by atoms with Crippen molar-refractivity contribution < 1.29 is 89.0 Å². The summed E-state index contributed by atoms with van der Waals surface area (Å²) in [5.74, 6) is -58.0. The number of carbonyl (C=O) groups is 2. The summed E-state index contributed by atoms with van der Waals surface area (Å²) in [5, 5.41) is 2.65. The second kappa shape index (κ2) is 13.4. The maximum atomic E-state index is 14.3. The maximum Gasteiger partial charge on any atom is 0.460 e. The zero-order valence-corrected chi connectivity index (χ0v) is 24.9. The van der Waals surface area contributed by atoms with E-state index in [2.05, 4.69) is 10.3 Å². The Morgan fingerprint density at radius 1 is 0.714 bits per heavy atom. The quantitative estimate of drug-likeness (QED) is 0.207. The van der Waals surface area contributed by atoms with E-state index in [4.69, 9.17) is 4.74 Å². The van der Waals surface area contributed by atoms with E-state index in [9.17, 15) is 84.2 Å². The molecular formula is C26H26F17N3O3. The van der Waals surface area contributed by atoms with Crippen LogP contribution in [-0.2, 0) is 16.1 Å². The predicted octanol–water partition coefficient (Wildman–Crippen LogP) is 8.11. The molecule has 1 aliphatic rings. The fraction of sp³-hybridized carbons (Fsp3) is 0.731. The zero-order chi connectivity index (χ0) is 38.3. The van der Waals surface area contributed by atoms with Gasteiger partial charge >= 0.3 is 53.7 Å². The Hall–Kier alpha value is -3.30. The van der Waals surface area contributed by atoms with Gasteiger partial charge in [0.15, 0.2) is 0 Å². The van der Waals surface area contributed by atoms with E-state index in [-0.39, 0.29) is 32.5 Å². The third-order valence-electron chi connectivity index (χ3n) is 7.53. The molecule has 0 radical (unpaired) electrons. The number of amides is 2. The van der Waals surface area contributed by atoms with Gasteiger partial charge in [-0.15, -0.1) is 0 Å². The summed E-state index contributed by atoms with van der Waals surface area (Å²) < 4.78 is 234. The molecule has 1 saturated heterocycles.